The molecule has 0 aliphatic heterocycles. The minimum absolute atomic E-state index is 0.0533. The summed E-state index contributed by atoms with van der Waals surface area (Å²) in [6.45, 7) is 3.96. The highest BCUT2D eigenvalue weighted by Crippen LogP contribution is 2.29. The molecule has 0 saturated carbocycles. The second-order valence-electron chi connectivity index (χ2n) is 5.29. The Bertz CT molecular complexity index is 824. The van der Waals surface area contributed by atoms with Crippen LogP contribution in [-0.2, 0) is 4.79 Å². The van der Waals surface area contributed by atoms with Gasteiger partial charge in [0.25, 0.3) is 0 Å². The average Bonchev–Trinajstić information content (AvgIpc) is 2.47. The summed E-state index contributed by atoms with van der Waals surface area (Å²) in [6.07, 6.45) is 1.38. The number of aryl methyl sites for hydroxylation is 1. The van der Waals surface area contributed by atoms with Crippen molar-refractivity contribution < 1.29 is 4.79 Å². The molecule has 3 aromatic rings. The number of anilines is 1. The van der Waals surface area contributed by atoms with Gasteiger partial charge in [0.1, 0.15) is 0 Å². The summed E-state index contributed by atoms with van der Waals surface area (Å²) in [5.41, 5.74) is 2.70. The number of carbonyl (C=O) groups is 1. The van der Waals surface area contributed by atoms with Crippen molar-refractivity contribution >= 4 is 33.3 Å². The SMILES string of the molecule is CCCC(=O)Nc1cc(C)nc2c1ccc1ccccc12. The van der Waals surface area contributed by atoms with Gasteiger partial charge < -0.3 is 5.32 Å². The van der Waals surface area contributed by atoms with Crippen LogP contribution in [0.15, 0.2) is 42.5 Å². The maximum Gasteiger partial charge on any atom is 0.224 e. The van der Waals surface area contributed by atoms with Gasteiger partial charge in [-0.2, -0.15) is 0 Å². The Morgan fingerprint density at radius 3 is 2.76 bits per heavy atom. The van der Waals surface area contributed by atoms with Crippen molar-refractivity contribution in [2.24, 2.45) is 0 Å². The largest absolute Gasteiger partial charge is 0.325 e. The van der Waals surface area contributed by atoms with Crippen molar-refractivity contribution in [2.75, 3.05) is 5.32 Å². The van der Waals surface area contributed by atoms with Gasteiger partial charge in [-0.15, -0.1) is 0 Å². The molecule has 1 aromatic heterocycles. The summed E-state index contributed by atoms with van der Waals surface area (Å²) in [5.74, 6) is 0.0533. The van der Waals surface area contributed by atoms with Crippen molar-refractivity contribution in [3.63, 3.8) is 0 Å². The van der Waals surface area contributed by atoms with E-state index in [9.17, 15) is 4.79 Å². The molecule has 0 radical (unpaired) electrons. The summed E-state index contributed by atoms with van der Waals surface area (Å²) < 4.78 is 0. The smallest absolute Gasteiger partial charge is 0.224 e. The monoisotopic (exact) mass is 278 g/mol. The summed E-state index contributed by atoms with van der Waals surface area (Å²) in [4.78, 5) is 16.6. The predicted molar refractivity (Wildman–Crippen MR) is 87.5 cm³/mol. The van der Waals surface area contributed by atoms with E-state index in [-0.39, 0.29) is 5.91 Å². The van der Waals surface area contributed by atoms with E-state index in [0.29, 0.717) is 6.42 Å². The van der Waals surface area contributed by atoms with Crippen molar-refractivity contribution in [3.05, 3.63) is 48.2 Å². The van der Waals surface area contributed by atoms with Crippen LogP contribution in [0.4, 0.5) is 5.69 Å². The van der Waals surface area contributed by atoms with Gasteiger partial charge in [-0.05, 0) is 24.8 Å². The van der Waals surface area contributed by atoms with E-state index in [4.69, 9.17) is 0 Å². The summed E-state index contributed by atoms with van der Waals surface area (Å²) in [7, 11) is 0. The number of amides is 1. The molecule has 106 valence electrons. The zero-order valence-corrected chi connectivity index (χ0v) is 12.3. The molecule has 3 heteroatoms. The number of carbonyl (C=O) groups excluding carboxylic acids is 1. The Balaban J connectivity index is 2.21. The lowest BCUT2D eigenvalue weighted by Crippen LogP contribution is -2.11. The van der Waals surface area contributed by atoms with Crippen molar-refractivity contribution in [3.8, 4) is 0 Å². The van der Waals surface area contributed by atoms with Crippen molar-refractivity contribution in [1.82, 2.24) is 4.98 Å². The quantitative estimate of drug-likeness (QED) is 0.720. The summed E-state index contributed by atoms with van der Waals surface area (Å²) in [6, 6.07) is 14.2. The van der Waals surface area contributed by atoms with Gasteiger partial charge in [-0.25, -0.2) is 0 Å². The van der Waals surface area contributed by atoms with Gasteiger partial charge in [0.15, 0.2) is 0 Å². The molecule has 0 aliphatic carbocycles. The number of pyridine rings is 1. The molecule has 0 unspecified atom stereocenters. The molecule has 3 rings (SSSR count). The van der Waals surface area contributed by atoms with Gasteiger partial charge in [0.05, 0.1) is 11.2 Å². The normalized spacial score (nSPS) is 11.0. The number of hydrogen-bond donors (Lipinski definition) is 1. The van der Waals surface area contributed by atoms with E-state index in [2.05, 4.69) is 28.5 Å². The third-order valence-corrected chi connectivity index (χ3v) is 3.58. The Hall–Kier alpha value is -2.42. The van der Waals surface area contributed by atoms with Crippen LogP contribution < -0.4 is 5.32 Å². The fourth-order valence-corrected chi connectivity index (χ4v) is 2.63. The van der Waals surface area contributed by atoms with Crippen LogP contribution in [0.1, 0.15) is 25.5 Å². The van der Waals surface area contributed by atoms with Gasteiger partial charge in [-0.3, -0.25) is 9.78 Å². The maximum atomic E-state index is 11.9. The maximum absolute atomic E-state index is 11.9. The fraction of sp³-hybridized carbons (Fsp3) is 0.222. The summed E-state index contributed by atoms with van der Waals surface area (Å²) >= 11 is 0. The molecule has 1 amide bonds. The molecule has 1 N–H and O–H groups in total. The third-order valence-electron chi connectivity index (χ3n) is 3.58. The Morgan fingerprint density at radius 1 is 1.14 bits per heavy atom. The first-order chi connectivity index (χ1) is 10.2. The first-order valence-corrected chi connectivity index (χ1v) is 7.28. The highest BCUT2D eigenvalue weighted by molar-refractivity contribution is 6.11. The van der Waals surface area contributed by atoms with Crippen LogP contribution in [0.2, 0.25) is 0 Å². The lowest BCUT2D eigenvalue weighted by atomic mass is 10.0. The van der Waals surface area contributed by atoms with E-state index >= 15 is 0 Å². The lowest BCUT2D eigenvalue weighted by Gasteiger charge is -2.11. The highest BCUT2D eigenvalue weighted by Gasteiger charge is 2.09. The minimum Gasteiger partial charge on any atom is -0.325 e. The van der Waals surface area contributed by atoms with E-state index in [1.54, 1.807) is 0 Å². The predicted octanol–water partition coefficient (Wildman–Crippen LogP) is 4.44. The molecule has 21 heavy (non-hydrogen) atoms. The van der Waals surface area contributed by atoms with E-state index in [0.717, 1.165) is 39.5 Å². The van der Waals surface area contributed by atoms with E-state index < -0.39 is 0 Å². The second kappa shape index (κ2) is 5.52. The van der Waals surface area contributed by atoms with Gasteiger partial charge in [-0.1, -0.05) is 43.3 Å². The number of benzene rings is 2. The van der Waals surface area contributed by atoms with Gasteiger partial charge in [0.2, 0.25) is 5.91 Å². The Kier molecular flexibility index (Phi) is 3.57. The molecular formula is C18H18N2O. The lowest BCUT2D eigenvalue weighted by molar-refractivity contribution is -0.116. The number of nitrogens with zero attached hydrogens (tertiary/aromatic N) is 1. The third kappa shape index (κ3) is 2.59. The van der Waals surface area contributed by atoms with Crippen LogP contribution in [0.25, 0.3) is 21.7 Å². The molecule has 1 heterocycles. The van der Waals surface area contributed by atoms with Crippen LogP contribution in [0, 0.1) is 6.92 Å². The Labute approximate surface area is 124 Å². The van der Waals surface area contributed by atoms with Crippen LogP contribution in [-0.4, -0.2) is 10.9 Å². The number of aromatic nitrogens is 1. The van der Waals surface area contributed by atoms with Crippen molar-refractivity contribution in [1.29, 1.82) is 0 Å². The summed E-state index contributed by atoms with van der Waals surface area (Å²) in [5, 5.41) is 6.28. The number of fused-ring (bicyclic) bond motifs is 3. The molecule has 0 bridgehead atoms. The Morgan fingerprint density at radius 2 is 1.95 bits per heavy atom. The van der Waals surface area contributed by atoms with Crippen LogP contribution >= 0.6 is 0 Å². The molecule has 0 atom stereocenters. The first-order valence-electron chi connectivity index (χ1n) is 7.28. The molecule has 0 spiro atoms. The van der Waals surface area contributed by atoms with Crippen LogP contribution in [0.3, 0.4) is 0 Å². The molecule has 0 saturated heterocycles. The molecular weight excluding hydrogens is 260 g/mol. The molecule has 3 nitrogen and oxygen atoms in total. The van der Waals surface area contributed by atoms with Crippen molar-refractivity contribution in [2.45, 2.75) is 26.7 Å². The number of nitrogens with one attached hydrogen (secondary N) is 1. The van der Waals surface area contributed by atoms with Crippen LogP contribution in [0.5, 0.6) is 0 Å². The fourth-order valence-electron chi connectivity index (χ4n) is 2.63. The average molecular weight is 278 g/mol. The zero-order valence-electron chi connectivity index (χ0n) is 12.3. The zero-order chi connectivity index (χ0) is 14.8. The molecule has 0 aliphatic rings. The molecule has 2 aromatic carbocycles. The second-order valence-corrected chi connectivity index (χ2v) is 5.29. The minimum atomic E-state index is 0.0533. The highest BCUT2D eigenvalue weighted by atomic mass is 16.1. The number of hydrogen-bond acceptors (Lipinski definition) is 2. The van der Waals surface area contributed by atoms with Gasteiger partial charge >= 0.3 is 0 Å². The molecule has 0 fully saturated rings. The van der Waals surface area contributed by atoms with E-state index in [1.165, 1.54) is 0 Å². The topological polar surface area (TPSA) is 42.0 Å². The number of rotatable bonds is 3. The van der Waals surface area contributed by atoms with Gasteiger partial charge in [0, 0.05) is 22.9 Å². The first kappa shape index (κ1) is 13.6. The van der Waals surface area contributed by atoms with E-state index in [1.807, 2.05) is 38.1 Å². The standard InChI is InChI=1S/C18H18N2O/c1-3-6-17(21)20-16-11-12(2)19-18-14-8-5-4-7-13(14)9-10-15(16)18/h4-5,7-11H,3,6H2,1-2H3,(H,19,20,21).